The van der Waals surface area contributed by atoms with Crippen LogP contribution in [-0.4, -0.2) is 24.4 Å². The number of aliphatic imine (C=N–C) groups is 2. The first-order valence-corrected chi connectivity index (χ1v) is 8.04. The van der Waals surface area contributed by atoms with Crippen LogP contribution in [0.1, 0.15) is 34.7 Å². The zero-order valence-corrected chi connectivity index (χ0v) is 13.6. The maximum Gasteiger partial charge on any atom is 0.333 e. The number of hydrogen-bond acceptors (Lipinski definition) is 6. The van der Waals surface area contributed by atoms with Crippen molar-refractivity contribution in [1.82, 2.24) is 0 Å². The maximum absolute atomic E-state index is 11.9. The zero-order valence-electron chi connectivity index (χ0n) is 13.6. The number of benzene rings is 2. The fraction of sp³-hybridized carbons (Fsp3) is 0.100. The SMILES string of the molecule is O=C(/C=C/C(=O)OC1N=Cc2ccccc21)OC1N=Cc2ccccc21. The molecule has 0 saturated heterocycles. The van der Waals surface area contributed by atoms with Gasteiger partial charge in [-0.2, -0.15) is 0 Å². The van der Waals surface area contributed by atoms with Gasteiger partial charge in [0.1, 0.15) is 0 Å². The fourth-order valence-corrected chi connectivity index (χ4v) is 2.79. The first-order valence-electron chi connectivity index (χ1n) is 8.04. The van der Waals surface area contributed by atoms with Crippen molar-refractivity contribution >= 4 is 24.4 Å². The summed E-state index contributed by atoms with van der Waals surface area (Å²) in [5.74, 6) is -1.34. The molecule has 4 rings (SSSR count). The van der Waals surface area contributed by atoms with Gasteiger partial charge in [0.05, 0.1) is 0 Å². The largest absolute Gasteiger partial charge is 0.432 e. The molecule has 128 valence electrons. The van der Waals surface area contributed by atoms with Gasteiger partial charge in [0.2, 0.25) is 12.5 Å². The molecule has 0 N–H and O–H groups in total. The lowest BCUT2D eigenvalue weighted by atomic mass is 10.1. The van der Waals surface area contributed by atoms with Crippen LogP contribution in [0.25, 0.3) is 0 Å². The lowest BCUT2D eigenvalue weighted by Gasteiger charge is -2.10. The minimum atomic E-state index is -0.689. The van der Waals surface area contributed by atoms with Crippen LogP contribution in [0.4, 0.5) is 0 Å². The first kappa shape index (κ1) is 16.0. The molecule has 0 bridgehead atoms. The van der Waals surface area contributed by atoms with Crippen molar-refractivity contribution in [2.24, 2.45) is 9.98 Å². The third-order valence-corrected chi connectivity index (χ3v) is 4.03. The highest BCUT2D eigenvalue weighted by atomic mass is 16.6. The van der Waals surface area contributed by atoms with E-state index in [-0.39, 0.29) is 0 Å². The lowest BCUT2D eigenvalue weighted by molar-refractivity contribution is -0.145. The number of rotatable bonds is 4. The van der Waals surface area contributed by atoms with E-state index >= 15 is 0 Å². The highest BCUT2D eigenvalue weighted by Gasteiger charge is 2.22. The van der Waals surface area contributed by atoms with Gasteiger partial charge in [0, 0.05) is 46.8 Å². The van der Waals surface area contributed by atoms with E-state index in [1.165, 1.54) is 0 Å². The fourth-order valence-electron chi connectivity index (χ4n) is 2.79. The van der Waals surface area contributed by atoms with Crippen LogP contribution in [0.3, 0.4) is 0 Å². The van der Waals surface area contributed by atoms with Crippen LogP contribution < -0.4 is 0 Å². The second-order valence-electron chi connectivity index (χ2n) is 5.73. The minimum Gasteiger partial charge on any atom is -0.432 e. The number of hydrogen-bond donors (Lipinski definition) is 0. The molecule has 2 aliphatic rings. The van der Waals surface area contributed by atoms with E-state index in [1.807, 2.05) is 48.5 Å². The summed E-state index contributed by atoms with van der Waals surface area (Å²) < 4.78 is 10.5. The van der Waals surface area contributed by atoms with Crippen molar-refractivity contribution in [3.63, 3.8) is 0 Å². The Morgan fingerprint density at radius 3 is 1.62 bits per heavy atom. The Hall–Kier alpha value is -3.54. The van der Waals surface area contributed by atoms with Crippen molar-refractivity contribution in [2.75, 3.05) is 0 Å². The summed E-state index contributed by atoms with van der Waals surface area (Å²) in [6, 6.07) is 14.9. The van der Waals surface area contributed by atoms with E-state index in [1.54, 1.807) is 12.4 Å². The predicted octanol–water partition coefficient (Wildman–Crippen LogP) is 2.89. The smallest absolute Gasteiger partial charge is 0.333 e. The van der Waals surface area contributed by atoms with Crippen molar-refractivity contribution in [2.45, 2.75) is 12.5 Å². The van der Waals surface area contributed by atoms with Crippen LogP contribution in [0.15, 0.2) is 70.7 Å². The number of nitrogens with zero attached hydrogens (tertiary/aromatic N) is 2. The second kappa shape index (κ2) is 6.76. The summed E-state index contributed by atoms with van der Waals surface area (Å²) in [7, 11) is 0. The Kier molecular flexibility index (Phi) is 4.15. The van der Waals surface area contributed by atoms with Crippen LogP contribution in [0, 0.1) is 0 Å². The first-order chi connectivity index (χ1) is 12.7. The van der Waals surface area contributed by atoms with Gasteiger partial charge in [0.15, 0.2) is 0 Å². The molecule has 0 aliphatic carbocycles. The average Bonchev–Trinajstić information content (AvgIpc) is 3.25. The second-order valence-corrected chi connectivity index (χ2v) is 5.73. The summed E-state index contributed by atoms with van der Waals surface area (Å²) in [5, 5.41) is 0. The average molecular weight is 346 g/mol. The Morgan fingerprint density at radius 1 is 0.731 bits per heavy atom. The molecule has 0 aromatic heterocycles. The Bertz CT molecular complexity index is 884. The Morgan fingerprint density at radius 2 is 1.15 bits per heavy atom. The number of ether oxygens (including phenoxy) is 2. The molecule has 0 amide bonds. The molecule has 0 fully saturated rings. The molecule has 6 heteroatoms. The lowest BCUT2D eigenvalue weighted by Crippen LogP contribution is -2.09. The molecule has 2 heterocycles. The minimum absolute atomic E-state index is 0.670. The summed E-state index contributed by atoms with van der Waals surface area (Å²) in [5.41, 5.74) is 3.44. The number of esters is 2. The summed E-state index contributed by atoms with van der Waals surface area (Å²) in [4.78, 5) is 32.1. The van der Waals surface area contributed by atoms with Gasteiger partial charge in [-0.05, 0) is 0 Å². The molecular weight excluding hydrogens is 332 g/mol. The third kappa shape index (κ3) is 3.17. The van der Waals surface area contributed by atoms with Gasteiger partial charge in [0.25, 0.3) is 0 Å². The predicted molar refractivity (Wildman–Crippen MR) is 94.9 cm³/mol. The molecule has 0 radical (unpaired) electrons. The van der Waals surface area contributed by atoms with E-state index in [0.717, 1.165) is 34.4 Å². The molecule has 0 saturated carbocycles. The maximum atomic E-state index is 11.9. The van der Waals surface area contributed by atoms with Crippen LogP contribution in [0.5, 0.6) is 0 Å². The van der Waals surface area contributed by atoms with Crippen molar-refractivity contribution in [3.05, 3.63) is 82.9 Å². The topological polar surface area (TPSA) is 77.3 Å². The quantitative estimate of drug-likeness (QED) is 0.630. The van der Waals surface area contributed by atoms with Gasteiger partial charge >= 0.3 is 11.9 Å². The third-order valence-electron chi connectivity index (χ3n) is 4.03. The number of fused-ring (bicyclic) bond motifs is 2. The molecule has 2 atom stereocenters. The molecule has 0 spiro atoms. The van der Waals surface area contributed by atoms with E-state index in [2.05, 4.69) is 9.98 Å². The molecule has 2 unspecified atom stereocenters. The van der Waals surface area contributed by atoms with E-state index in [9.17, 15) is 9.59 Å². The zero-order chi connectivity index (χ0) is 17.9. The van der Waals surface area contributed by atoms with E-state index < -0.39 is 24.4 Å². The monoisotopic (exact) mass is 346 g/mol. The standard InChI is InChI=1S/C20H14N2O4/c23-17(25-19-15-7-3-1-5-13(15)11-21-19)9-10-18(24)26-20-16-8-4-2-6-14(16)12-22-20/h1-12,19-20H/b10-9+. The normalized spacial score (nSPS) is 19.4. The molecule has 2 aromatic rings. The Labute approximate surface area is 149 Å². The van der Waals surface area contributed by atoms with E-state index in [4.69, 9.17) is 9.47 Å². The summed E-state index contributed by atoms with van der Waals surface area (Å²) in [6.07, 6.45) is 3.99. The molecule has 6 nitrogen and oxygen atoms in total. The summed E-state index contributed by atoms with van der Waals surface area (Å²) in [6.45, 7) is 0. The van der Waals surface area contributed by atoms with Gasteiger partial charge in [-0.1, -0.05) is 48.5 Å². The van der Waals surface area contributed by atoms with Gasteiger partial charge in [-0.15, -0.1) is 0 Å². The number of carbonyl (C=O) groups excluding carboxylic acids is 2. The van der Waals surface area contributed by atoms with Gasteiger partial charge < -0.3 is 9.47 Å². The highest BCUT2D eigenvalue weighted by molar-refractivity contribution is 5.93. The van der Waals surface area contributed by atoms with Crippen molar-refractivity contribution in [3.8, 4) is 0 Å². The van der Waals surface area contributed by atoms with Gasteiger partial charge in [-0.3, -0.25) is 0 Å². The highest BCUT2D eigenvalue weighted by Crippen LogP contribution is 2.28. The van der Waals surface area contributed by atoms with E-state index in [0.29, 0.717) is 0 Å². The van der Waals surface area contributed by atoms with Gasteiger partial charge in [-0.25, -0.2) is 19.6 Å². The molecular formula is C20H14N2O4. The van der Waals surface area contributed by atoms with Crippen LogP contribution >= 0.6 is 0 Å². The van der Waals surface area contributed by atoms with Crippen molar-refractivity contribution in [1.29, 1.82) is 0 Å². The Balaban J connectivity index is 1.34. The summed E-state index contributed by atoms with van der Waals surface area (Å²) >= 11 is 0. The van der Waals surface area contributed by atoms with Crippen LogP contribution in [-0.2, 0) is 19.1 Å². The van der Waals surface area contributed by atoms with Crippen LogP contribution in [0.2, 0.25) is 0 Å². The molecule has 2 aliphatic heterocycles. The molecule has 26 heavy (non-hydrogen) atoms. The number of carbonyl (C=O) groups is 2. The van der Waals surface area contributed by atoms with Crippen molar-refractivity contribution < 1.29 is 19.1 Å². The molecule has 2 aromatic carbocycles.